The largest absolute Gasteiger partial charge is 0.396 e. The van der Waals surface area contributed by atoms with E-state index in [9.17, 15) is 14.9 Å². The number of rotatable bonds is 4. The van der Waals surface area contributed by atoms with Crippen molar-refractivity contribution in [2.24, 2.45) is 0 Å². The summed E-state index contributed by atoms with van der Waals surface area (Å²) in [5, 5.41) is 10.4. The molecule has 1 rings (SSSR count). The number of hydrogen-bond donors (Lipinski definition) is 0. The summed E-state index contributed by atoms with van der Waals surface area (Å²) in [6.07, 6.45) is -1.40. The first kappa shape index (κ1) is 9.18. The van der Waals surface area contributed by atoms with Gasteiger partial charge in [-0.05, 0) is 12.1 Å². The zero-order valence-corrected chi connectivity index (χ0v) is 6.62. The average Bonchev–Trinajstić information content (AvgIpc) is 2.15. The molecule has 0 radical (unpaired) electrons. The first-order valence-corrected chi connectivity index (χ1v) is 3.53. The van der Waals surface area contributed by atoms with Crippen LogP contribution in [0.1, 0.15) is 11.8 Å². The summed E-state index contributed by atoms with van der Waals surface area (Å²) < 4.78 is 4.31. The fourth-order valence-corrected chi connectivity index (χ4v) is 0.920. The molecule has 0 bridgehead atoms. The molecule has 0 heterocycles. The Hall–Kier alpha value is -1.91. The van der Waals surface area contributed by atoms with Gasteiger partial charge in [0.05, 0.1) is 10.5 Å². The smallest absolute Gasteiger partial charge is 0.382 e. The molecular weight excluding hydrogens is 174 g/mol. The molecule has 0 saturated heterocycles. The number of hydrogen-bond acceptors (Lipinski definition) is 4. The number of nitro groups is 1. The predicted molar refractivity (Wildman–Crippen MR) is 43.3 cm³/mol. The lowest BCUT2D eigenvalue weighted by Gasteiger charge is -2.05. The van der Waals surface area contributed by atoms with Crippen LogP contribution in [0.4, 0.5) is 0 Å². The Morgan fingerprint density at radius 3 is 2.46 bits per heavy atom. The second-order valence-electron chi connectivity index (χ2n) is 2.28. The normalized spacial score (nSPS) is 11.7. The van der Waals surface area contributed by atoms with Crippen molar-refractivity contribution in [2.75, 3.05) is 0 Å². The van der Waals surface area contributed by atoms with Crippen molar-refractivity contribution in [1.82, 2.24) is 0 Å². The van der Waals surface area contributed by atoms with Gasteiger partial charge in [-0.15, -0.1) is 0 Å². The first-order valence-electron chi connectivity index (χ1n) is 3.53. The number of nitrogens with zero attached hydrogens (tertiary/aromatic N) is 1. The van der Waals surface area contributed by atoms with Gasteiger partial charge in [-0.3, -0.25) is 14.9 Å². The molecule has 0 saturated carbocycles. The Kier molecular flexibility index (Phi) is 2.97. The van der Waals surface area contributed by atoms with E-state index in [0.29, 0.717) is 5.56 Å². The van der Waals surface area contributed by atoms with E-state index in [1.807, 2.05) is 0 Å². The molecule has 13 heavy (non-hydrogen) atoms. The molecule has 0 N–H and O–H groups in total. The van der Waals surface area contributed by atoms with Gasteiger partial charge in [0.15, 0.2) is 0 Å². The van der Waals surface area contributed by atoms with Crippen molar-refractivity contribution in [1.29, 1.82) is 0 Å². The van der Waals surface area contributed by atoms with E-state index in [-0.39, 0.29) is 6.47 Å². The molecule has 0 aromatic heterocycles. The van der Waals surface area contributed by atoms with Gasteiger partial charge in [0.2, 0.25) is 0 Å². The van der Waals surface area contributed by atoms with E-state index in [1.54, 1.807) is 18.2 Å². The van der Waals surface area contributed by atoms with Gasteiger partial charge < -0.3 is 4.74 Å². The summed E-state index contributed by atoms with van der Waals surface area (Å²) in [5.41, 5.74) is 0.347. The summed E-state index contributed by atoms with van der Waals surface area (Å²) >= 11 is 0. The highest BCUT2D eigenvalue weighted by molar-refractivity contribution is 5.38. The van der Waals surface area contributed by atoms with Crippen molar-refractivity contribution < 1.29 is 14.5 Å². The molecule has 1 unspecified atom stereocenters. The fraction of sp³-hybridized carbons (Fsp3) is 0.125. The molecule has 5 heteroatoms. The van der Waals surface area contributed by atoms with Crippen LogP contribution in [0.25, 0.3) is 0 Å². The lowest BCUT2D eigenvalue weighted by molar-refractivity contribution is -0.574. The Bertz CT molecular complexity index is 298. The van der Waals surface area contributed by atoms with Crippen molar-refractivity contribution in [3.8, 4) is 0 Å². The maximum Gasteiger partial charge on any atom is 0.382 e. The SMILES string of the molecule is O=COC(c1ccccc1)[N+](=O)[O-]. The number of carbonyl (C=O) groups is 1. The predicted octanol–water partition coefficient (Wildman–Crippen LogP) is 1.13. The van der Waals surface area contributed by atoms with E-state index < -0.39 is 11.2 Å². The van der Waals surface area contributed by atoms with Crippen LogP contribution >= 0.6 is 0 Å². The van der Waals surface area contributed by atoms with Crippen molar-refractivity contribution in [3.63, 3.8) is 0 Å². The lowest BCUT2D eigenvalue weighted by atomic mass is 10.2. The van der Waals surface area contributed by atoms with Crippen LogP contribution in [-0.2, 0) is 9.53 Å². The van der Waals surface area contributed by atoms with Crippen molar-refractivity contribution in [3.05, 3.63) is 46.0 Å². The van der Waals surface area contributed by atoms with Gasteiger partial charge in [-0.25, -0.2) is 0 Å². The van der Waals surface area contributed by atoms with Crippen LogP contribution in [-0.4, -0.2) is 11.4 Å². The Morgan fingerprint density at radius 2 is 2.00 bits per heavy atom. The number of ether oxygens (including phenoxy) is 1. The topological polar surface area (TPSA) is 69.4 Å². The number of benzene rings is 1. The average molecular weight is 181 g/mol. The third kappa shape index (κ3) is 2.26. The zero-order valence-electron chi connectivity index (χ0n) is 6.62. The summed E-state index contributed by atoms with van der Waals surface area (Å²) in [5.74, 6) is 0. The highest BCUT2D eigenvalue weighted by Crippen LogP contribution is 2.15. The molecule has 68 valence electrons. The standard InChI is InChI=1S/C8H7NO4/c10-6-13-8(9(11)12)7-4-2-1-3-5-7/h1-6,8H. The van der Waals surface area contributed by atoms with Gasteiger partial charge >= 0.3 is 6.23 Å². The molecule has 1 atom stereocenters. The third-order valence-corrected chi connectivity index (χ3v) is 1.46. The minimum atomic E-state index is -1.40. The maximum atomic E-state index is 10.4. The zero-order chi connectivity index (χ0) is 9.68. The highest BCUT2D eigenvalue weighted by Gasteiger charge is 2.22. The van der Waals surface area contributed by atoms with Crippen LogP contribution in [0.3, 0.4) is 0 Å². The summed E-state index contributed by atoms with van der Waals surface area (Å²) in [6.45, 7) is 0.0699. The maximum absolute atomic E-state index is 10.4. The van der Waals surface area contributed by atoms with E-state index in [2.05, 4.69) is 4.74 Å². The van der Waals surface area contributed by atoms with E-state index in [0.717, 1.165) is 0 Å². The molecule has 0 aliphatic carbocycles. The van der Waals surface area contributed by atoms with Gasteiger partial charge in [0.1, 0.15) is 0 Å². The van der Waals surface area contributed by atoms with Crippen molar-refractivity contribution in [2.45, 2.75) is 6.23 Å². The molecule has 0 fully saturated rings. The van der Waals surface area contributed by atoms with Gasteiger partial charge in [-0.1, -0.05) is 18.2 Å². The molecule has 0 amide bonds. The van der Waals surface area contributed by atoms with Crippen LogP contribution in [0.2, 0.25) is 0 Å². The highest BCUT2D eigenvalue weighted by atomic mass is 16.7. The molecule has 0 aliphatic rings. The Morgan fingerprint density at radius 1 is 1.38 bits per heavy atom. The van der Waals surface area contributed by atoms with Gasteiger partial charge in [0, 0.05) is 0 Å². The number of carbonyl (C=O) groups excluding carboxylic acids is 1. The van der Waals surface area contributed by atoms with Crippen molar-refractivity contribution >= 4 is 6.47 Å². The first-order chi connectivity index (χ1) is 6.25. The van der Waals surface area contributed by atoms with E-state index in [4.69, 9.17) is 0 Å². The molecule has 5 nitrogen and oxygen atoms in total. The van der Waals surface area contributed by atoms with Crippen LogP contribution in [0.15, 0.2) is 30.3 Å². The Labute approximate surface area is 74.1 Å². The summed E-state index contributed by atoms with van der Waals surface area (Å²) in [7, 11) is 0. The van der Waals surface area contributed by atoms with E-state index in [1.165, 1.54) is 12.1 Å². The Balaban J connectivity index is 2.88. The molecular formula is C8H7NO4. The second kappa shape index (κ2) is 4.20. The molecule has 0 aliphatic heterocycles. The summed E-state index contributed by atoms with van der Waals surface area (Å²) in [6, 6.07) is 8.05. The minimum Gasteiger partial charge on any atom is -0.396 e. The van der Waals surface area contributed by atoms with Crippen LogP contribution in [0.5, 0.6) is 0 Å². The quantitative estimate of drug-likeness (QED) is 0.302. The second-order valence-corrected chi connectivity index (χ2v) is 2.28. The summed E-state index contributed by atoms with van der Waals surface area (Å²) in [4.78, 5) is 19.7. The third-order valence-electron chi connectivity index (χ3n) is 1.46. The van der Waals surface area contributed by atoms with Gasteiger partial charge in [0.25, 0.3) is 6.47 Å². The molecule has 1 aromatic rings. The lowest BCUT2D eigenvalue weighted by Crippen LogP contribution is -2.13. The van der Waals surface area contributed by atoms with E-state index >= 15 is 0 Å². The fourth-order valence-electron chi connectivity index (χ4n) is 0.920. The monoisotopic (exact) mass is 181 g/mol. The van der Waals surface area contributed by atoms with Crippen LogP contribution in [0, 0.1) is 10.1 Å². The minimum absolute atomic E-state index is 0.0699. The van der Waals surface area contributed by atoms with Crippen LogP contribution < -0.4 is 0 Å². The molecule has 1 aromatic carbocycles. The molecule has 0 spiro atoms. The van der Waals surface area contributed by atoms with Gasteiger partial charge in [-0.2, -0.15) is 0 Å².